The summed E-state index contributed by atoms with van der Waals surface area (Å²) in [6.07, 6.45) is 0. The van der Waals surface area contributed by atoms with Crippen LogP contribution in [-0.4, -0.2) is 9.59 Å². The molecule has 0 fully saturated rings. The van der Waals surface area contributed by atoms with Gasteiger partial charge in [0.1, 0.15) is 9.52 Å². The van der Waals surface area contributed by atoms with Crippen LogP contribution in [0.5, 0.6) is 0 Å². The summed E-state index contributed by atoms with van der Waals surface area (Å²) >= 11 is 12.3. The van der Waals surface area contributed by atoms with Crippen LogP contribution in [0.1, 0.15) is 0 Å². The van der Waals surface area contributed by atoms with E-state index in [2.05, 4.69) is 9.59 Å². The predicted molar refractivity (Wildman–Crippen MR) is 57.7 cm³/mol. The summed E-state index contributed by atoms with van der Waals surface area (Å²) in [5.41, 5.74) is 1.75. The van der Waals surface area contributed by atoms with Gasteiger partial charge >= 0.3 is 0 Å². The molecule has 0 bridgehead atoms. The third-order valence-electron chi connectivity index (χ3n) is 1.59. The molecule has 0 saturated heterocycles. The maximum atomic E-state index is 5.85. The van der Waals surface area contributed by atoms with Crippen LogP contribution >= 0.6 is 35.4 Å². The third-order valence-corrected chi connectivity index (χ3v) is 2.83. The van der Waals surface area contributed by atoms with E-state index in [1.54, 1.807) is 0 Å². The zero-order chi connectivity index (χ0) is 9.26. The maximum absolute atomic E-state index is 5.85. The van der Waals surface area contributed by atoms with Crippen molar-refractivity contribution in [3.05, 3.63) is 33.1 Å². The Balaban J connectivity index is 2.59. The number of hydrogen-bond acceptors (Lipinski definition) is 3. The average molecular weight is 229 g/mol. The fourth-order valence-corrected chi connectivity index (χ4v) is 1.97. The Morgan fingerprint density at radius 3 is 2.92 bits per heavy atom. The third kappa shape index (κ3) is 1.80. The topological polar surface area (TPSA) is 28.7 Å². The van der Waals surface area contributed by atoms with Gasteiger partial charge in [-0.2, -0.15) is 5.10 Å². The Kier molecular flexibility index (Phi) is 2.44. The number of aromatic amines is 1. The number of aromatic nitrogens is 2. The highest BCUT2D eigenvalue weighted by molar-refractivity contribution is 7.73. The molecule has 0 aliphatic heterocycles. The first kappa shape index (κ1) is 8.87. The zero-order valence-corrected chi connectivity index (χ0v) is 8.84. The van der Waals surface area contributed by atoms with Crippen LogP contribution in [-0.2, 0) is 0 Å². The van der Waals surface area contributed by atoms with Crippen LogP contribution in [0.15, 0.2) is 24.3 Å². The largest absolute Gasteiger partial charge is 0.230 e. The van der Waals surface area contributed by atoms with Crippen molar-refractivity contribution in [2.24, 2.45) is 0 Å². The minimum absolute atomic E-state index is 0.694. The predicted octanol–water partition coefficient (Wildman–Crippen LogP) is 3.52. The van der Waals surface area contributed by atoms with Crippen molar-refractivity contribution in [3.8, 4) is 11.3 Å². The molecule has 0 amide bonds. The number of hydrogen-bond donors (Lipinski definition) is 1. The number of rotatable bonds is 1. The zero-order valence-electron chi connectivity index (χ0n) is 6.45. The lowest BCUT2D eigenvalue weighted by Gasteiger charge is -1.95. The molecule has 2 aromatic rings. The summed E-state index contributed by atoms with van der Waals surface area (Å²) in [6, 6.07) is 7.49. The van der Waals surface area contributed by atoms with E-state index in [0.717, 1.165) is 15.1 Å². The van der Waals surface area contributed by atoms with Gasteiger partial charge in [0, 0.05) is 10.6 Å². The normalized spacial score (nSPS) is 10.2. The molecule has 1 heterocycles. The Bertz CT molecular complexity index is 475. The molecular weight excluding hydrogens is 224 g/mol. The van der Waals surface area contributed by atoms with Gasteiger partial charge in [0.15, 0.2) is 0 Å². The van der Waals surface area contributed by atoms with E-state index in [1.807, 2.05) is 24.3 Å². The van der Waals surface area contributed by atoms with Gasteiger partial charge in [-0.15, -0.1) is 0 Å². The van der Waals surface area contributed by atoms with Crippen LogP contribution in [0.3, 0.4) is 0 Å². The molecule has 1 aromatic carbocycles. The van der Waals surface area contributed by atoms with E-state index in [1.165, 1.54) is 11.5 Å². The van der Waals surface area contributed by atoms with Gasteiger partial charge in [-0.1, -0.05) is 36.0 Å². The Labute approximate surface area is 89.3 Å². The van der Waals surface area contributed by atoms with Gasteiger partial charge in [-0.3, -0.25) is 0 Å². The van der Waals surface area contributed by atoms with Gasteiger partial charge in [-0.25, -0.2) is 4.49 Å². The van der Waals surface area contributed by atoms with Crippen molar-refractivity contribution in [3.63, 3.8) is 0 Å². The molecule has 13 heavy (non-hydrogen) atoms. The fraction of sp³-hybridized carbons (Fsp3) is 0. The average Bonchev–Trinajstić information content (AvgIpc) is 2.51. The molecule has 0 saturated carbocycles. The first-order valence-corrected chi connectivity index (χ1v) is 5.17. The highest BCUT2D eigenvalue weighted by atomic mass is 35.5. The molecule has 0 atom stereocenters. The highest BCUT2D eigenvalue weighted by Gasteiger charge is 2.03. The lowest BCUT2D eigenvalue weighted by molar-refractivity contribution is 1.16. The van der Waals surface area contributed by atoms with Gasteiger partial charge in [0.05, 0.1) is 0 Å². The van der Waals surface area contributed by atoms with Gasteiger partial charge in [-0.05, 0) is 23.7 Å². The summed E-state index contributed by atoms with van der Waals surface area (Å²) < 4.78 is 3.51. The van der Waals surface area contributed by atoms with Crippen LogP contribution in [0.4, 0.5) is 0 Å². The second kappa shape index (κ2) is 3.57. The van der Waals surface area contributed by atoms with Crippen molar-refractivity contribution >= 4 is 35.4 Å². The first-order valence-electron chi connectivity index (χ1n) is 3.57. The molecule has 2 rings (SSSR count). The number of nitrogens with one attached hydrogen (secondary N) is 1. The minimum Gasteiger partial charge on any atom is -0.230 e. The van der Waals surface area contributed by atoms with E-state index in [4.69, 9.17) is 23.8 Å². The SMILES string of the molecule is S=c1s[nH]nc1-c1cccc(Cl)c1. The highest BCUT2D eigenvalue weighted by Crippen LogP contribution is 2.22. The van der Waals surface area contributed by atoms with Crippen molar-refractivity contribution in [1.29, 1.82) is 0 Å². The molecule has 1 N–H and O–H groups in total. The van der Waals surface area contributed by atoms with Crippen LogP contribution in [0.2, 0.25) is 5.02 Å². The molecule has 0 spiro atoms. The van der Waals surface area contributed by atoms with Gasteiger partial charge < -0.3 is 0 Å². The lowest BCUT2D eigenvalue weighted by atomic mass is 10.2. The number of nitrogens with zero attached hydrogens (tertiary/aromatic N) is 1. The van der Waals surface area contributed by atoms with Crippen LogP contribution in [0.25, 0.3) is 11.3 Å². The summed E-state index contributed by atoms with van der Waals surface area (Å²) in [5, 5.41) is 4.75. The van der Waals surface area contributed by atoms with E-state index in [-0.39, 0.29) is 0 Å². The molecule has 0 unspecified atom stereocenters. The summed E-state index contributed by atoms with van der Waals surface area (Å²) in [5.74, 6) is 0. The van der Waals surface area contributed by atoms with E-state index >= 15 is 0 Å². The molecule has 1 aromatic heterocycles. The molecule has 66 valence electrons. The lowest BCUT2D eigenvalue weighted by Crippen LogP contribution is -1.77. The monoisotopic (exact) mass is 228 g/mol. The summed E-state index contributed by atoms with van der Waals surface area (Å²) in [7, 11) is 0. The molecule has 5 heteroatoms. The Hall–Kier alpha value is -0.710. The summed E-state index contributed by atoms with van der Waals surface area (Å²) in [6.45, 7) is 0. The second-order valence-corrected chi connectivity index (χ2v) is 4.35. The van der Waals surface area contributed by atoms with E-state index in [9.17, 15) is 0 Å². The van der Waals surface area contributed by atoms with Gasteiger partial charge in [0.2, 0.25) is 0 Å². The maximum Gasteiger partial charge on any atom is 0.136 e. The molecule has 2 nitrogen and oxygen atoms in total. The molecule has 0 aliphatic carbocycles. The van der Waals surface area contributed by atoms with Crippen molar-refractivity contribution in [2.45, 2.75) is 0 Å². The molecular formula is C8H5ClN2S2. The van der Waals surface area contributed by atoms with Crippen molar-refractivity contribution < 1.29 is 0 Å². The van der Waals surface area contributed by atoms with E-state index in [0.29, 0.717) is 5.02 Å². The van der Waals surface area contributed by atoms with E-state index < -0.39 is 0 Å². The van der Waals surface area contributed by atoms with Crippen molar-refractivity contribution in [2.75, 3.05) is 0 Å². The fourth-order valence-electron chi connectivity index (χ4n) is 1.02. The van der Waals surface area contributed by atoms with Crippen molar-refractivity contribution in [1.82, 2.24) is 9.59 Å². The van der Waals surface area contributed by atoms with Gasteiger partial charge in [0.25, 0.3) is 0 Å². The molecule has 0 aliphatic rings. The Morgan fingerprint density at radius 1 is 1.46 bits per heavy atom. The minimum atomic E-state index is 0.694. The second-order valence-electron chi connectivity index (χ2n) is 2.45. The van der Waals surface area contributed by atoms with Crippen LogP contribution < -0.4 is 0 Å². The Morgan fingerprint density at radius 2 is 2.31 bits per heavy atom. The molecule has 0 radical (unpaired) electrons. The standard InChI is InChI=1S/C8H5ClN2S2/c9-6-3-1-2-5(4-6)7-8(12)13-11-10-7/h1-4,11H. The number of halogens is 1. The summed E-state index contributed by atoms with van der Waals surface area (Å²) in [4.78, 5) is 0. The van der Waals surface area contributed by atoms with Crippen LogP contribution in [0, 0.1) is 3.82 Å². The smallest absolute Gasteiger partial charge is 0.136 e. The first-order chi connectivity index (χ1) is 6.27. The number of H-pyrrole nitrogens is 1. The quantitative estimate of drug-likeness (QED) is 0.757. The number of benzene rings is 1.